The highest BCUT2D eigenvalue weighted by Crippen LogP contribution is 2.29. The maximum absolute atomic E-state index is 12.8. The minimum absolute atomic E-state index is 0.144. The number of carbonyl (C=O) groups excluding carboxylic acids is 1. The molecule has 3 saturated heterocycles. The van der Waals surface area contributed by atoms with E-state index < -0.39 is 0 Å². The number of rotatable bonds is 9. The van der Waals surface area contributed by atoms with Gasteiger partial charge in [0.25, 0.3) is 5.91 Å². The molecule has 7 nitrogen and oxygen atoms in total. The first-order chi connectivity index (χ1) is 17.0. The van der Waals surface area contributed by atoms with E-state index in [1.54, 1.807) is 12.1 Å². The highest BCUT2D eigenvalue weighted by Gasteiger charge is 2.26. The Morgan fingerprint density at radius 1 is 0.971 bits per heavy atom. The minimum Gasteiger partial charge on any atom is -0.496 e. The molecule has 1 amide bonds. The number of benzene rings is 1. The summed E-state index contributed by atoms with van der Waals surface area (Å²) in [5, 5.41) is 3.55. The zero-order valence-corrected chi connectivity index (χ0v) is 22.2. The molecular weight excluding hydrogens is 462 g/mol. The summed E-state index contributed by atoms with van der Waals surface area (Å²) in [5.74, 6) is 1.12. The number of nitrogens with two attached hydrogens (primary N) is 1. The van der Waals surface area contributed by atoms with Crippen LogP contribution in [0.25, 0.3) is 0 Å². The number of nitrogen functional groups attached to an aromatic ring is 1. The lowest BCUT2D eigenvalue weighted by Gasteiger charge is -2.38. The van der Waals surface area contributed by atoms with E-state index in [4.69, 9.17) is 22.1 Å². The Morgan fingerprint density at radius 3 is 2.26 bits per heavy atom. The summed E-state index contributed by atoms with van der Waals surface area (Å²) in [5.41, 5.74) is 6.70. The maximum Gasteiger partial charge on any atom is 0.255 e. The van der Waals surface area contributed by atoms with E-state index in [1.165, 1.54) is 91.4 Å². The van der Waals surface area contributed by atoms with Crippen LogP contribution >= 0.6 is 11.6 Å². The van der Waals surface area contributed by atoms with Gasteiger partial charge in [-0.15, -0.1) is 0 Å². The van der Waals surface area contributed by atoms with E-state index in [1.807, 2.05) is 0 Å². The molecule has 0 atom stereocenters. The fourth-order valence-electron chi connectivity index (χ4n) is 5.90. The summed E-state index contributed by atoms with van der Waals surface area (Å²) < 4.78 is 5.34. The summed E-state index contributed by atoms with van der Waals surface area (Å²) in [6.45, 7) is 11.0. The molecule has 1 aromatic rings. The van der Waals surface area contributed by atoms with Crippen LogP contribution in [0.2, 0.25) is 5.02 Å². The fourth-order valence-corrected chi connectivity index (χ4v) is 6.06. The Labute approximate surface area is 216 Å². The van der Waals surface area contributed by atoms with Crippen molar-refractivity contribution in [1.82, 2.24) is 20.0 Å². The predicted molar refractivity (Wildman–Crippen MR) is 143 cm³/mol. The summed E-state index contributed by atoms with van der Waals surface area (Å²) >= 11 is 6.14. The first kappa shape index (κ1) is 26.5. The van der Waals surface area contributed by atoms with E-state index in [-0.39, 0.29) is 11.9 Å². The molecule has 0 spiro atoms. The normalized spacial score (nSPS) is 21.8. The number of piperidine rings is 3. The molecule has 1 aromatic carbocycles. The third-order valence-electron chi connectivity index (χ3n) is 8.11. The third kappa shape index (κ3) is 7.72. The number of halogens is 1. The van der Waals surface area contributed by atoms with Crippen molar-refractivity contribution in [3.63, 3.8) is 0 Å². The second-order valence-corrected chi connectivity index (χ2v) is 11.1. The van der Waals surface area contributed by atoms with Crippen molar-refractivity contribution in [3.8, 4) is 5.75 Å². The highest BCUT2D eigenvalue weighted by atomic mass is 35.5. The smallest absolute Gasteiger partial charge is 0.255 e. The summed E-state index contributed by atoms with van der Waals surface area (Å²) in [6, 6.07) is 3.39. The first-order valence-electron chi connectivity index (χ1n) is 13.6. The number of nitrogens with zero attached hydrogens (tertiary/aromatic N) is 3. The van der Waals surface area contributed by atoms with Crippen LogP contribution in [0.4, 0.5) is 5.69 Å². The average molecular weight is 506 g/mol. The summed E-state index contributed by atoms with van der Waals surface area (Å²) in [6.07, 6.45) is 10.1. The minimum atomic E-state index is -0.144. The van der Waals surface area contributed by atoms with E-state index >= 15 is 0 Å². The van der Waals surface area contributed by atoms with Gasteiger partial charge in [-0.3, -0.25) is 4.79 Å². The molecule has 0 radical (unpaired) electrons. The molecule has 0 bridgehead atoms. The lowest BCUT2D eigenvalue weighted by molar-refractivity contribution is 0.0886. The second kappa shape index (κ2) is 13.1. The van der Waals surface area contributed by atoms with Gasteiger partial charge in [0, 0.05) is 31.7 Å². The molecule has 3 aliphatic heterocycles. The molecule has 3 heterocycles. The number of nitrogens with one attached hydrogen (secondary N) is 1. The Morgan fingerprint density at radius 2 is 1.60 bits per heavy atom. The Hall–Kier alpha value is -1.54. The topological polar surface area (TPSA) is 74.1 Å². The summed E-state index contributed by atoms with van der Waals surface area (Å²) in [4.78, 5) is 20.8. The first-order valence-corrected chi connectivity index (χ1v) is 14.0. The van der Waals surface area contributed by atoms with E-state index in [0.29, 0.717) is 22.0 Å². The summed E-state index contributed by atoms with van der Waals surface area (Å²) in [7, 11) is 1.54. The Bertz CT molecular complexity index is 816. The van der Waals surface area contributed by atoms with Gasteiger partial charge in [0.15, 0.2) is 0 Å². The number of hydrogen-bond donors (Lipinski definition) is 2. The molecule has 3 aliphatic rings. The van der Waals surface area contributed by atoms with Crippen LogP contribution < -0.4 is 15.8 Å². The van der Waals surface area contributed by atoms with Gasteiger partial charge in [-0.2, -0.15) is 0 Å². The molecule has 3 N–H and O–H groups in total. The van der Waals surface area contributed by atoms with Crippen LogP contribution in [0, 0.1) is 5.92 Å². The zero-order chi connectivity index (χ0) is 24.6. The third-order valence-corrected chi connectivity index (χ3v) is 8.43. The van der Waals surface area contributed by atoms with Crippen molar-refractivity contribution < 1.29 is 9.53 Å². The van der Waals surface area contributed by atoms with Gasteiger partial charge in [-0.05, 0) is 96.2 Å². The van der Waals surface area contributed by atoms with Crippen molar-refractivity contribution in [2.24, 2.45) is 5.92 Å². The van der Waals surface area contributed by atoms with Gasteiger partial charge < -0.3 is 30.5 Å². The van der Waals surface area contributed by atoms with Gasteiger partial charge >= 0.3 is 0 Å². The molecule has 0 unspecified atom stereocenters. The molecule has 4 rings (SSSR count). The van der Waals surface area contributed by atoms with Crippen LogP contribution in [0.15, 0.2) is 12.1 Å². The molecule has 35 heavy (non-hydrogen) atoms. The molecule has 3 fully saturated rings. The van der Waals surface area contributed by atoms with E-state index in [0.717, 1.165) is 31.8 Å². The van der Waals surface area contributed by atoms with Crippen molar-refractivity contribution in [1.29, 1.82) is 0 Å². The lowest BCUT2D eigenvalue weighted by atomic mass is 9.94. The van der Waals surface area contributed by atoms with E-state index in [2.05, 4.69) is 20.0 Å². The quantitative estimate of drug-likeness (QED) is 0.498. The number of anilines is 1. The van der Waals surface area contributed by atoms with E-state index in [9.17, 15) is 4.79 Å². The van der Waals surface area contributed by atoms with Gasteiger partial charge in [0.1, 0.15) is 5.75 Å². The number of hydrogen-bond acceptors (Lipinski definition) is 6. The zero-order valence-electron chi connectivity index (χ0n) is 21.4. The molecule has 0 saturated carbocycles. The van der Waals surface area contributed by atoms with Crippen LogP contribution in [0.3, 0.4) is 0 Å². The van der Waals surface area contributed by atoms with Crippen LogP contribution in [0.5, 0.6) is 5.75 Å². The second-order valence-electron chi connectivity index (χ2n) is 10.7. The van der Waals surface area contributed by atoms with Crippen molar-refractivity contribution >= 4 is 23.2 Å². The monoisotopic (exact) mass is 505 g/mol. The highest BCUT2D eigenvalue weighted by molar-refractivity contribution is 6.33. The van der Waals surface area contributed by atoms with Gasteiger partial charge in [-0.1, -0.05) is 18.0 Å². The van der Waals surface area contributed by atoms with Crippen molar-refractivity contribution in [3.05, 3.63) is 22.7 Å². The van der Waals surface area contributed by atoms with Crippen LogP contribution in [-0.2, 0) is 0 Å². The number of ether oxygens (including phenoxy) is 1. The average Bonchev–Trinajstić information content (AvgIpc) is 2.88. The number of likely N-dealkylation sites (tertiary alicyclic amines) is 3. The Balaban J connectivity index is 1.12. The molecular formula is C27H44ClN5O2. The lowest BCUT2D eigenvalue weighted by Crippen LogP contribution is -2.47. The van der Waals surface area contributed by atoms with Gasteiger partial charge in [0.05, 0.1) is 23.4 Å². The molecule has 0 aromatic heterocycles. The number of carbonyl (C=O) groups is 1. The molecule has 0 aliphatic carbocycles. The molecule has 8 heteroatoms. The largest absolute Gasteiger partial charge is 0.496 e. The fraction of sp³-hybridized carbons (Fsp3) is 0.741. The Kier molecular flexibility index (Phi) is 9.95. The predicted octanol–water partition coefficient (Wildman–Crippen LogP) is 3.71. The van der Waals surface area contributed by atoms with Crippen LogP contribution in [-0.4, -0.2) is 92.7 Å². The van der Waals surface area contributed by atoms with Crippen molar-refractivity contribution in [2.75, 3.05) is 71.7 Å². The van der Waals surface area contributed by atoms with Gasteiger partial charge in [-0.25, -0.2) is 0 Å². The van der Waals surface area contributed by atoms with Crippen LogP contribution in [0.1, 0.15) is 61.7 Å². The van der Waals surface area contributed by atoms with Crippen molar-refractivity contribution in [2.45, 2.75) is 57.4 Å². The standard InChI is InChI=1S/C27H44ClN5O2/c1-35-26-19-25(29)24(28)18-23(26)27(34)30-22-8-16-33(17-9-22)20-21-6-14-32(15-7-21)13-5-12-31-10-3-2-4-11-31/h18-19,21-22H,2-17,20,29H2,1H3,(H,30,34). The number of methoxy groups -OCH3 is 1. The maximum atomic E-state index is 12.8. The van der Waals surface area contributed by atoms with Gasteiger partial charge in [0.2, 0.25) is 0 Å². The number of amides is 1. The SMILES string of the molecule is COc1cc(N)c(Cl)cc1C(=O)NC1CCN(CC2CCN(CCCN3CCCCC3)CC2)CC1. The molecule has 196 valence electrons.